The lowest BCUT2D eigenvalue weighted by Crippen LogP contribution is -2.40. The van der Waals surface area contributed by atoms with Crippen molar-refractivity contribution in [2.45, 2.75) is 19.4 Å². The van der Waals surface area contributed by atoms with Gasteiger partial charge in [-0.25, -0.2) is 9.59 Å². The maximum Gasteiger partial charge on any atom is 0.328 e. The number of amides is 1. The molecule has 17 heavy (non-hydrogen) atoms. The van der Waals surface area contributed by atoms with E-state index in [2.05, 4.69) is 5.32 Å². The molecule has 1 unspecified atom stereocenters. The molecule has 0 aliphatic carbocycles. The Morgan fingerprint density at radius 3 is 2.41 bits per heavy atom. The van der Waals surface area contributed by atoms with Gasteiger partial charge in [-0.05, 0) is 17.9 Å². The van der Waals surface area contributed by atoms with Crippen LogP contribution in [0.5, 0.6) is 0 Å². The topological polar surface area (TPSA) is 104 Å². The van der Waals surface area contributed by atoms with Crippen molar-refractivity contribution in [1.82, 2.24) is 5.32 Å². The third-order valence-corrected chi connectivity index (χ3v) is 2.68. The largest absolute Gasteiger partial charge is 0.480 e. The molecule has 0 aromatic carbocycles. The van der Waals surface area contributed by atoms with Crippen LogP contribution in [0.2, 0.25) is 0 Å². The lowest BCUT2D eigenvalue weighted by atomic mass is 10.2. The van der Waals surface area contributed by atoms with Crippen LogP contribution >= 0.6 is 11.8 Å². The fraction of sp³-hybridized carbons (Fsp3) is 0.500. The molecular formula is C10H15NO5S. The van der Waals surface area contributed by atoms with Crippen LogP contribution in [0.25, 0.3) is 0 Å². The van der Waals surface area contributed by atoms with Gasteiger partial charge in [-0.2, -0.15) is 11.8 Å². The molecule has 0 fully saturated rings. The van der Waals surface area contributed by atoms with E-state index >= 15 is 0 Å². The van der Waals surface area contributed by atoms with Gasteiger partial charge in [-0.3, -0.25) is 4.79 Å². The maximum atomic E-state index is 11.2. The number of carboxylic acid groups (broad SMARTS) is 2. The number of hydrogen-bond acceptors (Lipinski definition) is 4. The number of rotatable bonds is 8. The molecule has 0 saturated carbocycles. The van der Waals surface area contributed by atoms with Crippen molar-refractivity contribution in [3.05, 3.63) is 12.2 Å². The van der Waals surface area contributed by atoms with Crippen LogP contribution in [0.3, 0.4) is 0 Å². The summed E-state index contributed by atoms with van der Waals surface area (Å²) in [7, 11) is 0. The number of carboxylic acids is 2. The van der Waals surface area contributed by atoms with Crippen molar-refractivity contribution >= 4 is 29.6 Å². The van der Waals surface area contributed by atoms with Crippen molar-refractivity contribution in [1.29, 1.82) is 0 Å². The molecule has 0 heterocycles. The Hall–Kier alpha value is -1.50. The lowest BCUT2D eigenvalue weighted by molar-refractivity contribution is -0.141. The summed E-state index contributed by atoms with van der Waals surface area (Å²) in [5, 5.41) is 19.4. The molecule has 0 bridgehead atoms. The zero-order valence-corrected chi connectivity index (χ0v) is 10.2. The van der Waals surface area contributed by atoms with E-state index in [-0.39, 0.29) is 0 Å². The summed E-state index contributed by atoms with van der Waals surface area (Å²) in [6.07, 6.45) is 1.76. The smallest absolute Gasteiger partial charge is 0.328 e. The Kier molecular flexibility index (Phi) is 7.87. The third-order valence-electron chi connectivity index (χ3n) is 1.75. The van der Waals surface area contributed by atoms with Gasteiger partial charge in [0.25, 0.3) is 0 Å². The minimum atomic E-state index is -1.26. The van der Waals surface area contributed by atoms with Crippen LogP contribution in [-0.4, -0.2) is 45.6 Å². The molecule has 0 rings (SSSR count). The molecule has 0 aromatic rings. The van der Waals surface area contributed by atoms with Crippen molar-refractivity contribution in [2.75, 3.05) is 11.5 Å². The summed E-state index contributed by atoms with van der Waals surface area (Å²) in [4.78, 5) is 32.1. The van der Waals surface area contributed by atoms with Gasteiger partial charge in [0.1, 0.15) is 6.04 Å². The number of carbonyl (C=O) groups is 3. The van der Waals surface area contributed by atoms with Gasteiger partial charge in [0, 0.05) is 12.2 Å². The summed E-state index contributed by atoms with van der Waals surface area (Å²) in [6, 6.07) is -0.986. The second-order valence-corrected chi connectivity index (χ2v) is 4.45. The number of nitrogens with one attached hydrogen (secondary N) is 1. The zero-order valence-electron chi connectivity index (χ0n) is 9.38. The van der Waals surface area contributed by atoms with Crippen LogP contribution in [0.1, 0.15) is 13.3 Å². The molecule has 1 atom stereocenters. The second kappa shape index (κ2) is 8.63. The standard InChI is InChI=1S/C10H15NO5S/c1-2-17-6-5-7(10(15)16)11-8(12)3-4-9(13)14/h3-4,7H,2,5-6H2,1H3,(H,11,12)(H,13,14)(H,15,16). The van der Waals surface area contributed by atoms with Crippen molar-refractivity contribution in [3.8, 4) is 0 Å². The molecular weight excluding hydrogens is 246 g/mol. The molecule has 0 saturated heterocycles. The summed E-state index contributed by atoms with van der Waals surface area (Å²) in [5.41, 5.74) is 0. The van der Waals surface area contributed by atoms with Gasteiger partial charge in [0.2, 0.25) is 5.91 Å². The van der Waals surface area contributed by atoms with Crippen molar-refractivity contribution in [2.24, 2.45) is 0 Å². The fourth-order valence-corrected chi connectivity index (χ4v) is 1.66. The monoisotopic (exact) mass is 261 g/mol. The highest BCUT2D eigenvalue weighted by molar-refractivity contribution is 7.99. The Bertz CT molecular complexity index is 316. The van der Waals surface area contributed by atoms with Crippen LogP contribution in [0, 0.1) is 0 Å². The van der Waals surface area contributed by atoms with Gasteiger partial charge >= 0.3 is 11.9 Å². The predicted octanol–water partition coefficient (Wildman–Crippen LogP) is 0.340. The highest BCUT2D eigenvalue weighted by Gasteiger charge is 2.18. The zero-order chi connectivity index (χ0) is 13.3. The summed E-state index contributed by atoms with van der Waals surface area (Å²) < 4.78 is 0. The molecule has 6 nitrogen and oxygen atoms in total. The first kappa shape index (κ1) is 15.5. The molecule has 0 spiro atoms. The van der Waals surface area contributed by atoms with E-state index in [1.807, 2.05) is 6.92 Å². The maximum absolute atomic E-state index is 11.2. The summed E-state index contributed by atoms with van der Waals surface area (Å²) >= 11 is 1.57. The van der Waals surface area contributed by atoms with Crippen LogP contribution in [0.15, 0.2) is 12.2 Å². The van der Waals surface area contributed by atoms with E-state index in [0.717, 1.165) is 11.8 Å². The van der Waals surface area contributed by atoms with Gasteiger partial charge in [0.05, 0.1) is 0 Å². The first-order valence-electron chi connectivity index (χ1n) is 4.99. The van der Waals surface area contributed by atoms with Gasteiger partial charge in [0.15, 0.2) is 0 Å². The highest BCUT2D eigenvalue weighted by Crippen LogP contribution is 2.04. The molecule has 7 heteroatoms. The minimum Gasteiger partial charge on any atom is -0.480 e. The van der Waals surface area contributed by atoms with E-state index in [4.69, 9.17) is 10.2 Å². The third kappa shape index (κ3) is 8.32. The highest BCUT2D eigenvalue weighted by atomic mass is 32.2. The van der Waals surface area contributed by atoms with Gasteiger partial charge in [-0.1, -0.05) is 6.92 Å². The molecule has 3 N–H and O–H groups in total. The minimum absolute atomic E-state index is 0.306. The lowest BCUT2D eigenvalue weighted by Gasteiger charge is -2.12. The van der Waals surface area contributed by atoms with E-state index < -0.39 is 23.9 Å². The molecule has 0 aromatic heterocycles. The van der Waals surface area contributed by atoms with E-state index in [0.29, 0.717) is 18.2 Å². The Labute approximate surface area is 103 Å². The van der Waals surface area contributed by atoms with E-state index in [9.17, 15) is 14.4 Å². The molecule has 0 aliphatic rings. The van der Waals surface area contributed by atoms with E-state index in [1.165, 1.54) is 0 Å². The molecule has 1 amide bonds. The van der Waals surface area contributed by atoms with Crippen LogP contribution in [0.4, 0.5) is 0 Å². The van der Waals surface area contributed by atoms with Crippen LogP contribution < -0.4 is 5.32 Å². The molecule has 0 radical (unpaired) electrons. The number of thioether (sulfide) groups is 1. The Morgan fingerprint density at radius 2 is 1.94 bits per heavy atom. The average molecular weight is 261 g/mol. The number of carbonyl (C=O) groups excluding carboxylic acids is 1. The van der Waals surface area contributed by atoms with Crippen LogP contribution in [-0.2, 0) is 14.4 Å². The SMILES string of the molecule is CCSCCC(NC(=O)C=CC(=O)O)C(=O)O. The fourth-order valence-electron chi connectivity index (χ4n) is 0.970. The summed E-state index contributed by atoms with van der Waals surface area (Å²) in [5.74, 6) is -1.61. The average Bonchev–Trinajstić information content (AvgIpc) is 2.25. The normalized spacial score (nSPS) is 12.3. The number of hydrogen-bond donors (Lipinski definition) is 3. The predicted molar refractivity (Wildman–Crippen MR) is 64.0 cm³/mol. The van der Waals surface area contributed by atoms with Crippen molar-refractivity contribution < 1.29 is 24.6 Å². The molecule has 96 valence electrons. The quantitative estimate of drug-likeness (QED) is 0.430. The Balaban J connectivity index is 4.20. The molecule has 0 aliphatic heterocycles. The van der Waals surface area contributed by atoms with Gasteiger partial charge < -0.3 is 15.5 Å². The van der Waals surface area contributed by atoms with Gasteiger partial charge in [-0.15, -0.1) is 0 Å². The van der Waals surface area contributed by atoms with E-state index in [1.54, 1.807) is 11.8 Å². The summed E-state index contributed by atoms with van der Waals surface area (Å²) in [6.45, 7) is 1.95. The number of aliphatic carboxylic acids is 2. The van der Waals surface area contributed by atoms with Crippen molar-refractivity contribution in [3.63, 3.8) is 0 Å². The Morgan fingerprint density at radius 1 is 1.29 bits per heavy atom. The second-order valence-electron chi connectivity index (χ2n) is 3.06. The first-order valence-corrected chi connectivity index (χ1v) is 6.15. The first-order chi connectivity index (χ1) is 7.97.